The second-order valence-corrected chi connectivity index (χ2v) is 2.67. The molecule has 0 aliphatic carbocycles. The van der Waals surface area contributed by atoms with Crippen LogP contribution in [0.4, 0.5) is 0 Å². The van der Waals surface area contributed by atoms with Crippen molar-refractivity contribution in [2.45, 2.75) is 19.8 Å². The normalized spacial score (nSPS) is 9.31. The summed E-state index contributed by atoms with van der Waals surface area (Å²) in [5, 5.41) is 17.3. The van der Waals surface area contributed by atoms with E-state index in [1.807, 2.05) is 19.1 Å². The smallest absolute Gasteiger partial charge is 0.175 e. The first-order chi connectivity index (χ1) is 6.17. The summed E-state index contributed by atoms with van der Waals surface area (Å²) >= 11 is 0. The maximum Gasteiger partial charge on any atom is 0.175 e. The van der Waals surface area contributed by atoms with E-state index in [1.165, 1.54) is 0 Å². The molecule has 4 nitrogen and oxygen atoms in total. The van der Waals surface area contributed by atoms with Gasteiger partial charge in [0.25, 0.3) is 0 Å². The summed E-state index contributed by atoms with van der Waals surface area (Å²) in [7, 11) is 0. The number of nitrogens with zero attached hydrogens (tertiary/aromatic N) is 4. The lowest BCUT2D eigenvalue weighted by molar-refractivity contribution is 0.918. The molecule has 13 heavy (non-hydrogen) atoms. The van der Waals surface area contributed by atoms with E-state index < -0.39 is 5.92 Å². The zero-order valence-electron chi connectivity index (χ0n) is 7.44. The van der Waals surface area contributed by atoms with Crippen molar-refractivity contribution in [3.05, 3.63) is 23.3 Å². The molecular formula is C9H8N4. The van der Waals surface area contributed by atoms with E-state index in [0.717, 1.165) is 5.69 Å². The first-order valence-corrected chi connectivity index (χ1v) is 3.79. The average Bonchev–Trinajstić information content (AvgIpc) is 2.04. The number of nitriles is 2. The summed E-state index contributed by atoms with van der Waals surface area (Å²) in [5.41, 5.74) is 1.26. The minimum absolute atomic E-state index is 0.481. The van der Waals surface area contributed by atoms with Crippen LogP contribution in [0.3, 0.4) is 0 Å². The molecule has 0 radical (unpaired) electrons. The molecule has 1 heterocycles. The maximum absolute atomic E-state index is 8.63. The van der Waals surface area contributed by atoms with Crippen LogP contribution in [-0.4, -0.2) is 9.97 Å². The Morgan fingerprint density at radius 3 is 2.31 bits per heavy atom. The summed E-state index contributed by atoms with van der Waals surface area (Å²) in [6.07, 6.45) is 0. The van der Waals surface area contributed by atoms with Gasteiger partial charge in [-0.15, -0.1) is 0 Å². The Kier molecular flexibility index (Phi) is 2.56. The molecule has 64 valence electrons. The van der Waals surface area contributed by atoms with Crippen molar-refractivity contribution in [2.75, 3.05) is 0 Å². The fraction of sp³-hybridized carbons (Fsp3) is 0.333. The van der Waals surface area contributed by atoms with Crippen LogP contribution in [0, 0.1) is 36.5 Å². The van der Waals surface area contributed by atoms with Crippen LogP contribution in [0.25, 0.3) is 0 Å². The molecule has 1 aromatic heterocycles. The van der Waals surface area contributed by atoms with Crippen LogP contribution in [0.2, 0.25) is 0 Å². The molecule has 0 aliphatic rings. The molecule has 0 atom stereocenters. The average molecular weight is 172 g/mol. The first kappa shape index (κ1) is 9.15. The van der Waals surface area contributed by atoms with Crippen molar-refractivity contribution in [1.82, 2.24) is 9.97 Å². The monoisotopic (exact) mass is 172 g/mol. The molecule has 4 heteroatoms. The Labute approximate surface area is 76.5 Å². The van der Waals surface area contributed by atoms with Gasteiger partial charge in [0.2, 0.25) is 0 Å². The van der Waals surface area contributed by atoms with Gasteiger partial charge in [0.1, 0.15) is 5.82 Å². The topological polar surface area (TPSA) is 73.4 Å². The molecule has 0 aliphatic heterocycles. The molecule has 0 N–H and O–H groups in total. The molecule has 0 saturated carbocycles. The summed E-state index contributed by atoms with van der Waals surface area (Å²) < 4.78 is 0. The SMILES string of the molecule is Cc1cc(C(C#N)C#N)nc(C)n1. The highest BCUT2D eigenvalue weighted by molar-refractivity contribution is 5.26. The van der Waals surface area contributed by atoms with Gasteiger partial charge in [-0.3, -0.25) is 0 Å². The van der Waals surface area contributed by atoms with Gasteiger partial charge < -0.3 is 0 Å². The number of aromatic nitrogens is 2. The minimum Gasteiger partial charge on any atom is -0.239 e. The quantitative estimate of drug-likeness (QED) is 0.638. The zero-order chi connectivity index (χ0) is 9.84. The van der Waals surface area contributed by atoms with E-state index in [0.29, 0.717) is 11.5 Å². The largest absolute Gasteiger partial charge is 0.239 e. The van der Waals surface area contributed by atoms with Crippen molar-refractivity contribution in [3.8, 4) is 12.1 Å². The van der Waals surface area contributed by atoms with Crippen LogP contribution in [0.1, 0.15) is 23.1 Å². The Balaban J connectivity index is 3.17. The Hall–Kier alpha value is -1.94. The molecule has 0 saturated heterocycles. The van der Waals surface area contributed by atoms with E-state index in [-0.39, 0.29) is 0 Å². The number of hydrogen-bond acceptors (Lipinski definition) is 4. The van der Waals surface area contributed by atoms with Crippen LogP contribution in [-0.2, 0) is 0 Å². The second-order valence-electron chi connectivity index (χ2n) is 2.67. The van der Waals surface area contributed by atoms with Gasteiger partial charge >= 0.3 is 0 Å². The van der Waals surface area contributed by atoms with Crippen LogP contribution >= 0.6 is 0 Å². The Morgan fingerprint density at radius 1 is 1.23 bits per heavy atom. The number of hydrogen-bond donors (Lipinski definition) is 0. The van der Waals surface area contributed by atoms with Crippen molar-refractivity contribution < 1.29 is 0 Å². The summed E-state index contributed by atoms with van der Waals surface area (Å²) in [6, 6.07) is 5.40. The van der Waals surface area contributed by atoms with Crippen molar-refractivity contribution in [3.63, 3.8) is 0 Å². The molecule has 0 amide bonds. The minimum atomic E-state index is -0.791. The zero-order valence-corrected chi connectivity index (χ0v) is 7.44. The van der Waals surface area contributed by atoms with Gasteiger partial charge in [0.05, 0.1) is 17.8 Å². The molecule has 0 bridgehead atoms. The van der Waals surface area contributed by atoms with Crippen LogP contribution < -0.4 is 0 Å². The molecule has 0 aromatic carbocycles. The van der Waals surface area contributed by atoms with Crippen molar-refractivity contribution in [2.24, 2.45) is 0 Å². The van der Waals surface area contributed by atoms with E-state index in [9.17, 15) is 0 Å². The van der Waals surface area contributed by atoms with Gasteiger partial charge in [0.15, 0.2) is 5.92 Å². The van der Waals surface area contributed by atoms with E-state index in [2.05, 4.69) is 9.97 Å². The molecular weight excluding hydrogens is 164 g/mol. The van der Waals surface area contributed by atoms with Crippen LogP contribution in [0.15, 0.2) is 6.07 Å². The fourth-order valence-electron chi connectivity index (χ4n) is 1.05. The highest BCUT2D eigenvalue weighted by atomic mass is 14.9. The highest BCUT2D eigenvalue weighted by Gasteiger charge is 2.11. The maximum atomic E-state index is 8.63. The van der Waals surface area contributed by atoms with Gasteiger partial charge in [0, 0.05) is 5.69 Å². The lowest BCUT2D eigenvalue weighted by atomic mass is 10.1. The molecule has 1 aromatic rings. The summed E-state index contributed by atoms with van der Waals surface area (Å²) in [5.74, 6) is -0.203. The molecule has 0 unspecified atom stereocenters. The molecule has 1 rings (SSSR count). The standard InChI is InChI=1S/C9H8N4/c1-6-3-9(8(4-10)5-11)13-7(2)12-6/h3,8H,1-2H3. The predicted molar refractivity (Wildman–Crippen MR) is 45.5 cm³/mol. The molecule has 0 fully saturated rings. The van der Waals surface area contributed by atoms with Crippen molar-refractivity contribution in [1.29, 1.82) is 10.5 Å². The Bertz CT molecular complexity index is 363. The fourth-order valence-corrected chi connectivity index (χ4v) is 1.05. The van der Waals surface area contributed by atoms with Gasteiger partial charge in [-0.25, -0.2) is 9.97 Å². The van der Waals surface area contributed by atoms with E-state index in [4.69, 9.17) is 10.5 Å². The third-order valence-electron chi connectivity index (χ3n) is 1.54. The van der Waals surface area contributed by atoms with E-state index in [1.54, 1.807) is 13.0 Å². The summed E-state index contributed by atoms with van der Waals surface area (Å²) in [4.78, 5) is 8.08. The second kappa shape index (κ2) is 3.64. The summed E-state index contributed by atoms with van der Waals surface area (Å²) in [6.45, 7) is 3.55. The highest BCUT2D eigenvalue weighted by Crippen LogP contribution is 2.11. The van der Waals surface area contributed by atoms with Gasteiger partial charge in [-0.1, -0.05) is 0 Å². The van der Waals surface area contributed by atoms with Crippen LogP contribution in [0.5, 0.6) is 0 Å². The predicted octanol–water partition coefficient (Wildman–Crippen LogP) is 1.22. The number of aryl methyl sites for hydroxylation is 2. The third-order valence-corrected chi connectivity index (χ3v) is 1.54. The molecule has 0 spiro atoms. The van der Waals surface area contributed by atoms with Gasteiger partial charge in [-0.05, 0) is 19.9 Å². The Morgan fingerprint density at radius 2 is 1.85 bits per heavy atom. The lowest BCUT2D eigenvalue weighted by Crippen LogP contribution is -2.01. The lowest BCUT2D eigenvalue weighted by Gasteiger charge is -2.01. The first-order valence-electron chi connectivity index (χ1n) is 3.79. The van der Waals surface area contributed by atoms with Crippen molar-refractivity contribution >= 4 is 0 Å². The van der Waals surface area contributed by atoms with Gasteiger partial charge in [-0.2, -0.15) is 10.5 Å². The third kappa shape index (κ3) is 2.00. The number of rotatable bonds is 1. The van der Waals surface area contributed by atoms with E-state index >= 15 is 0 Å².